The van der Waals surface area contributed by atoms with E-state index in [0.717, 1.165) is 12.2 Å². The van der Waals surface area contributed by atoms with E-state index in [0.29, 0.717) is 12.3 Å². The van der Waals surface area contributed by atoms with Gasteiger partial charge in [-0.25, -0.2) is 4.79 Å². The number of nitrogens with zero attached hydrogens (tertiary/aromatic N) is 1. The van der Waals surface area contributed by atoms with Gasteiger partial charge in [0.15, 0.2) is 0 Å². The van der Waals surface area contributed by atoms with Crippen LogP contribution in [0.4, 0.5) is 4.79 Å². The van der Waals surface area contributed by atoms with Crippen molar-refractivity contribution < 1.29 is 14.7 Å². The van der Waals surface area contributed by atoms with E-state index in [1.54, 1.807) is 23.7 Å². The lowest BCUT2D eigenvalue weighted by atomic mass is 9.97. The molecule has 0 bridgehead atoms. The van der Waals surface area contributed by atoms with Gasteiger partial charge < -0.3 is 15.3 Å². The molecule has 2 N–H and O–H groups in total. The van der Waals surface area contributed by atoms with E-state index >= 15 is 0 Å². The number of rotatable bonds is 9. The predicted octanol–water partition coefficient (Wildman–Crippen LogP) is 2.52. The van der Waals surface area contributed by atoms with Crippen molar-refractivity contribution in [3.05, 3.63) is 0 Å². The van der Waals surface area contributed by atoms with Crippen molar-refractivity contribution in [3.63, 3.8) is 0 Å². The summed E-state index contributed by atoms with van der Waals surface area (Å²) < 4.78 is 0. The first kappa shape index (κ1) is 19.1. The van der Waals surface area contributed by atoms with Crippen LogP contribution in [0.3, 0.4) is 0 Å². The summed E-state index contributed by atoms with van der Waals surface area (Å²) in [5, 5.41) is 11.9. The van der Waals surface area contributed by atoms with Crippen molar-refractivity contribution >= 4 is 23.8 Å². The predicted molar refractivity (Wildman–Crippen MR) is 84.2 cm³/mol. The number of hydrogen-bond donors (Lipinski definition) is 2. The number of amides is 2. The largest absolute Gasteiger partial charge is 0.481 e. The minimum atomic E-state index is -0.850. The van der Waals surface area contributed by atoms with Crippen LogP contribution in [0.5, 0.6) is 0 Å². The molecule has 0 aromatic rings. The van der Waals surface area contributed by atoms with Crippen molar-refractivity contribution in [2.45, 2.75) is 39.7 Å². The first-order valence-electron chi connectivity index (χ1n) is 7.02. The highest BCUT2D eigenvalue weighted by molar-refractivity contribution is 7.98. The van der Waals surface area contributed by atoms with E-state index in [-0.39, 0.29) is 18.6 Å². The van der Waals surface area contributed by atoms with Crippen molar-refractivity contribution in [1.82, 2.24) is 10.2 Å². The van der Waals surface area contributed by atoms with Crippen LogP contribution < -0.4 is 5.32 Å². The Bertz CT molecular complexity index is 311. The lowest BCUT2D eigenvalue weighted by Gasteiger charge is -2.26. The van der Waals surface area contributed by atoms with Gasteiger partial charge in [0.05, 0.1) is 5.92 Å². The normalized spacial score (nSPS) is 13.9. The Hall–Kier alpha value is -0.910. The Kier molecular flexibility index (Phi) is 9.46. The Labute approximate surface area is 126 Å². The van der Waals surface area contributed by atoms with Crippen molar-refractivity contribution in [2.24, 2.45) is 11.8 Å². The zero-order valence-electron chi connectivity index (χ0n) is 13.2. The number of urea groups is 1. The molecule has 0 radical (unpaired) electrons. The van der Waals surface area contributed by atoms with E-state index in [4.69, 9.17) is 5.11 Å². The summed E-state index contributed by atoms with van der Waals surface area (Å²) in [7, 11) is 1.75. The average Bonchev–Trinajstić information content (AvgIpc) is 2.38. The fourth-order valence-corrected chi connectivity index (χ4v) is 2.43. The highest BCUT2D eigenvalue weighted by atomic mass is 32.2. The van der Waals surface area contributed by atoms with Crippen LogP contribution in [0.1, 0.15) is 33.6 Å². The second kappa shape index (κ2) is 9.91. The molecule has 0 fully saturated rings. The van der Waals surface area contributed by atoms with E-state index in [1.165, 1.54) is 0 Å². The van der Waals surface area contributed by atoms with E-state index in [1.807, 2.05) is 27.0 Å². The number of carboxylic acids is 1. The summed E-state index contributed by atoms with van der Waals surface area (Å²) in [4.78, 5) is 24.7. The number of carboxylic acid groups (broad SMARTS) is 1. The van der Waals surface area contributed by atoms with E-state index in [2.05, 4.69) is 5.32 Å². The number of nitrogens with one attached hydrogen (secondary N) is 1. The molecule has 2 amide bonds. The first-order valence-corrected chi connectivity index (χ1v) is 8.41. The monoisotopic (exact) mass is 304 g/mol. The maximum absolute atomic E-state index is 12.0. The average molecular weight is 304 g/mol. The van der Waals surface area contributed by atoms with Gasteiger partial charge in [0.2, 0.25) is 0 Å². The quantitative estimate of drug-likeness (QED) is 0.687. The molecule has 0 aliphatic heterocycles. The fraction of sp³-hybridized carbons (Fsp3) is 0.857. The molecular weight excluding hydrogens is 276 g/mol. The zero-order valence-corrected chi connectivity index (χ0v) is 14.0. The summed E-state index contributed by atoms with van der Waals surface area (Å²) in [6.07, 6.45) is 3.54. The number of carbonyl (C=O) groups excluding carboxylic acids is 1. The Morgan fingerprint density at radius 3 is 2.35 bits per heavy atom. The molecule has 0 aromatic heterocycles. The summed E-state index contributed by atoms with van der Waals surface area (Å²) in [6.45, 7) is 6.15. The summed E-state index contributed by atoms with van der Waals surface area (Å²) in [5.74, 6) is -0.0682. The molecule has 0 saturated heterocycles. The lowest BCUT2D eigenvalue weighted by Crippen LogP contribution is -2.45. The molecule has 6 heteroatoms. The van der Waals surface area contributed by atoms with Crippen LogP contribution in [0.15, 0.2) is 0 Å². The van der Waals surface area contributed by atoms with Crippen LogP contribution in [0, 0.1) is 11.8 Å². The third-order valence-corrected chi connectivity index (χ3v) is 3.97. The zero-order chi connectivity index (χ0) is 15.7. The number of carbonyl (C=O) groups is 2. The fourth-order valence-electron chi connectivity index (χ4n) is 1.86. The van der Waals surface area contributed by atoms with Crippen LogP contribution in [-0.2, 0) is 4.79 Å². The van der Waals surface area contributed by atoms with Gasteiger partial charge in [-0.15, -0.1) is 0 Å². The third-order valence-electron chi connectivity index (χ3n) is 3.33. The highest BCUT2D eigenvalue weighted by Crippen LogP contribution is 2.11. The summed E-state index contributed by atoms with van der Waals surface area (Å²) >= 11 is 1.75. The van der Waals surface area contributed by atoms with E-state index < -0.39 is 11.9 Å². The molecule has 0 spiro atoms. The molecule has 0 aliphatic rings. The molecule has 0 saturated carbocycles. The van der Waals surface area contributed by atoms with Gasteiger partial charge in [-0.05, 0) is 37.7 Å². The van der Waals surface area contributed by atoms with Gasteiger partial charge in [0.1, 0.15) is 0 Å². The summed E-state index contributed by atoms with van der Waals surface area (Å²) in [6, 6.07) is -0.0514. The second-order valence-electron chi connectivity index (χ2n) is 5.59. The van der Waals surface area contributed by atoms with Crippen LogP contribution in [-0.4, -0.2) is 53.6 Å². The van der Waals surface area contributed by atoms with E-state index in [9.17, 15) is 9.59 Å². The maximum Gasteiger partial charge on any atom is 0.317 e. The second-order valence-corrected chi connectivity index (χ2v) is 6.58. The van der Waals surface area contributed by atoms with Gasteiger partial charge in [-0.2, -0.15) is 11.8 Å². The van der Waals surface area contributed by atoms with Crippen molar-refractivity contribution in [3.8, 4) is 0 Å². The molecule has 2 atom stereocenters. The van der Waals surface area contributed by atoms with Gasteiger partial charge in [-0.3, -0.25) is 4.79 Å². The van der Waals surface area contributed by atoms with Crippen LogP contribution >= 0.6 is 11.8 Å². The lowest BCUT2D eigenvalue weighted by molar-refractivity contribution is -0.142. The van der Waals surface area contributed by atoms with Gasteiger partial charge in [0, 0.05) is 19.6 Å². The Morgan fingerprint density at radius 2 is 1.90 bits per heavy atom. The summed E-state index contributed by atoms with van der Waals surface area (Å²) in [5.41, 5.74) is 0. The third kappa shape index (κ3) is 7.62. The van der Waals surface area contributed by atoms with Crippen molar-refractivity contribution in [1.29, 1.82) is 0 Å². The van der Waals surface area contributed by atoms with Gasteiger partial charge in [-0.1, -0.05) is 13.8 Å². The van der Waals surface area contributed by atoms with Gasteiger partial charge >= 0.3 is 12.0 Å². The number of aliphatic carboxylic acids is 1. The highest BCUT2D eigenvalue weighted by Gasteiger charge is 2.21. The molecule has 2 unspecified atom stereocenters. The topological polar surface area (TPSA) is 69.6 Å². The van der Waals surface area contributed by atoms with Crippen LogP contribution in [0.2, 0.25) is 0 Å². The molecule has 0 aromatic carbocycles. The maximum atomic E-state index is 12.0. The standard InChI is InChI=1S/C14H28N2O3S/c1-10(2)8-12(13(17)18)9-15-14(19)16(4)11(3)6-7-20-5/h10-12H,6-9H2,1-5H3,(H,15,19)(H,17,18). The minimum Gasteiger partial charge on any atom is -0.481 e. The SMILES string of the molecule is CSCCC(C)N(C)C(=O)NCC(CC(C)C)C(=O)O. The first-order chi connectivity index (χ1) is 9.29. The van der Waals surface area contributed by atoms with Gasteiger partial charge in [0.25, 0.3) is 0 Å². The Morgan fingerprint density at radius 1 is 1.30 bits per heavy atom. The van der Waals surface area contributed by atoms with Crippen molar-refractivity contribution in [2.75, 3.05) is 25.6 Å². The minimum absolute atomic E-state index is 0.149. The molecule has 20 heavy (non-hydrogen) atoms. The molecule has 0 heterocycles. The molecule has 5 nitrogen and oxygen atoms in total. The molecule has 0 aliphatic carbocycles. The number of hydrogen-bond acceptors (Lipinski definition) is 3. The molecule has 118 valence electrons. The molecule has 0 rings (SSSR count). The molecular formula is C14H28N2O3S. The number of thioether (sulfide) groups is 1. The van der Waals surface area contributed by atoms with Crippen LogP contribution in [0.25, 0.3) is 0 Å². The Balaban J connectivity index is 4.26. The smallest absolute Gasteiger partial charge is 0.317 e.